The lowest BCUT2D eigenvalue weighted by Crippen LogP contribution is -2.12. The molecule has 2 aromatic carbocycles. The van der Waals surface area contributed by atoms with E-state index in [4.69, 9.17) is 4.42 Å². The molecule has 0 spiro atoms. The molecule has 0 aliphatic rings. The van der Waals surface area contributed by atoms with Crippen LogP contribution in [0.4, 0.5) is 14.8 Å². The van der Waals surface area contributed by atoms with Gasteiger partial charge in [0, 0.05) is 23.1 Å². The van der Waals surface area contributed by atoms with Gasteiger partial charge in [-0.3, -0.25) is 10.1 Å². The van der Waals surface area contributed by atoms with E-state index in [0.29, 0.717) is 5.75 Å². The fraction of sp³-hybridized carbons (Fsp3) is 0.167. The van der Waals surface area contributed by atoms with Crippen molar-refractivity contribution in [3.8, 4) is 11.5 Å². The Bertz CT molecular complexity index is 913. The predicted octanol–water partition coefficient (Wildman–Crippen LogP) is 4.44. The Labute approximate surface area is 152 Å². The van der Waals surface area contributed by atoms with Crippen LogP contribution in [0.25, 0.3) is 11.5 Å². The first-order valence-electron chi connectivity index (χ1n) is 7.79. The third-order valence-electron chi connectivity index (χ3n) is 3.45. The summed E-state index contributed by atoms with van der Waals surface area (Å²) in [6.45, 7) is 2.01. The first kappa shape index (κ1) is 18.1. The summed E-state index contributed by atoms with van der Waals surface area (Å²) in [7, 11) is 0. The summed E-state index contributed by atoms with van der Waals surface area (Å²) in [5, 5.41) is 9.79. The molecule has 0 saturated carbocycles. The van der Waals surface area contributed by atoms with Gasteiger partial charge in [0.15, 0.2) is 0 Å². The summed E-state index contributed by atoms with van der Waals surface area (Å²) in [5.74, 6) is -1.36. The predicted molar refractivity (Wildman–Crippen MR) is 94.8 cm³/mol. The molecule has 0 saturated heterocycles. The number of hydrogen-bond donors (Lipinski definition) is 1. The van der Waals surface area contributed by atoms with Crippen molar-refractivity contribution in [3.63, 3.8) is 0 Å². The molecule has 0 unspecified atom stereocenters. The van der Waals surface area contributed by atoms with Crippen molar-refractivity contribution in [2.45, 2.75) is 18.2 Å². The average Bonchev–Trinajstić information content (AvgIpc) is 3.04. The highest BCUT2D eigenvalue weighted by atomic mass is 32.2. The highest BCUT2D eigenvalue weighted by Gasteiger charge is 2.15. The Kier molecular flexibility index (Phi) is 5.62. The van der Waals surface area contributed by atoms with Crippen molar-refractivity contribution < 1.29 is 18.0 Å². The van der Waals surface area contributed by atoms with Crippen molar-refractivity contribution in [2.24, 2.45) is 0 Å². The van der Waals surface area contributed by atoms with Crippen molar-refractivity contribution in [1.82, 2.24) is 10.2 Å². The molecule has 0 aliphatic heterocycles. The van der Waals surface area contributed by atoms with E-state index in [1.54, 1.807) is 11.8 Å². The maximum absolute atomic E-state index is 13.7. The first-order valence-corrected chi connectivity index (χ1v) is 8.78. The lowest BCUT2D eigenvalue weighted by molar-refractivity contribution is -0.115. The molecule has 26 heavy (non-hydrogen) atoms. The summed E-state index contributed by atoms with van der Waals surface area (Å²) in [6.07, 6.45) is 0.251. The number of aryl methyl sites for hydroxylation is 1. The molecule has 0 atom stereocenters. The van der Waals surface area contributed by atoms with Crippen molar-refractivity contribution in [1.29, 1.82) is 0 Å². The number of rotatable bonds is 6. The Hall–Kier alpha value is -2.74. The van der Waals surface area contributed by atoms with Gasteiger partial charge >= 0.3 is 6.01 Å². The number of aromatic nitrogens is 2. The molecular formula is C18H15F2N3O2S. The standard InChI is InChI=1S/C18H15F2N3O2S/c1-11-2-5-13(6-3-11)26-9-8-16(24)21-18-23-22-17(25-18)14-7-4-12(19)10-15(14)20/h2-7,10H,8-9H2,1H3,(H,21,23,24). The Morgan fingerprint density at radius 3 is 2.65 bits per heavy atom. The normalized spacial score (nSPS) is 10.7. The molecular weight excluding hydrogens is 360 g/mol. The maximum atomic E-state index is 13.7. The van der Waals surface area contributed by atoms with Crippen molar-refractivity contribution in [3.05, 3.63) is 59.7 Å². The van der Waals surface area contributed by atoms with E-state index < -0.39 is 11.6 Å². The third-order valence-corrected chi connectivity index (χ3v) is 4.47. The number of thioether (sulfide) groups is 1. The molecule has 0 aliphatic carbocycles. The molecule has 3 aromatic rings. The lowest BCUT2D eigenvalue weighted by Gasteiger charge is -2.02. The number of hydrogen-bond acceptors (Lipinski definition) is 5. The van der Waals surface area contributed by atoms with E-state index in [9.17, 15) is 13.6 Å². The van der Waals surface area contributed by atoms with Crippen LogP contribution in [-0.4, -0.2) is 21.9 Å². The van der Waals surface area contributed by atoms with Gasteiger partial charge in [-0.15, -0.1) is 16.9 Å². The van der Waals surface area contributed by atoms with E-state index in [0.717, 1.165) is 17.0 Å². The van der Waals surface area contributed by atoms with Crippen LogP contribution in [0, 0.1) is 18.6 Å². The van der Waals surface area contributed by atoms with Gasteiger partial charge in [-0.2, -0.15) is 0 Å². The number of carbonyl (C=O) groups is 1. The van der Waals surface area contributed by atoms with Crippen LogP contribution < -0.4 is 5.32 Å². The molecule has 0 bridgehead atoms. The zero-order chi connectivity index (χ0) is 18.5. The van der Waals surface area contributed by atoms with Crippen LogP contribution in [0.5, 0.6) is 0 Å². The Morgan fingerprint density at radius 1 is 1.15 bits per heavy atom. The number of anilines is 1. The molecule has 3 rings (SSSR count). The maximum Gasteiger partial charge on any atom is 0.322 e. The number of nitrogens with one attached hydrogen (secondary N) is 1. The van der Waals surface area contributed by atoms with Gasteiger partial charge in [0.25, 0.3) is 5.89 Å². The highest BCUT2D eigenvalue weighted by molar-refractivity contribution is 7.99. The zero-order valence-corrected chi connectivity index (χ0v) is 14.6. The second-order valence-electron chi connectivity index (χ2n) is 5.50. The van der Waals surface area contributed by atoms with Crippen LogP contribution in [0.2, 0.25) is 0 Å². The molecule has 134 valence electrons. The van der Waals surface area contributed by atoms with Crippen molar-refractivity contribution >= 4 is 23.7 Å². The van der Waals surface area contributed by atoms with E-state index >= 15 is 0 Å². The molecule has 1 N–H and O–H groups in total. The lowest BCUT2D eigenvalue weighted by atomic mass is 10.2. The molecule has 0 radical (unpaired) electrons. The molecule has 1 amide bonds. The van der Waals surface area contributed by atoms with Crippen LogP contribution in [-0.2, 0) is 4.79 Å². The van der Waals surface area contributed by atoms with Crippen LogP contribution in [0.1, 0.15) is 12.0 Å². The van der Waals surface area contributed by atoms with Gasteiger partial charge in [-0.25, -0.2) is 8.78 Å². The fourth-order valence-corrected chi connectivity index (χ4v) is 2.98. The minimum absolute atomic E-state index is 0.0330. The SMILES string of the molecule is Cc1ccc(SCCC(=O)Nc2nnc(-c3ccc(F)cc3F)o2)cc1. The third kappa shape index (κ3) is 4.66. The summed E-state index contributed by atoms with van der Waals surface area (Å²) in [4.78, 5) is 13.0. The van der Waals surface area contributed by atoms with Gasteiger partial charge in [0.1, 0.15) is 11.6 Å². The number of carbonyl (C=O) groups excluding carboxylic acids is 1. The van der Waals surface area contributed by atoms with Gasteiger partial charge < -0.3 is 4.42 Å². The highest BCUT2D eigenvalue weighted by Crippen LogP contribution is 2.24. The van der Waals surface area contributed by atoms with E-state index in [-0.39, 0.29) is 29.8 Å². The van der Waals surface area contributed by atoms with Crippen LogP contribution in [0.3, 0.4) is 0 Å². The van der Waals surface area contributed by atoms with Gasteiger partial charge in [0.05, 0.1) is 5.56 Å². The summed E-state index contributed by atoms with van der Waals surface area (Å²) in [5.41, 5.74) is 1.14. The monoisotopic (exact) mass is 375 g/mol. The van der Waals surface area contributed by atoms with Crippen LogP contribution >= 0.6 is 11.8 Å². The van der Waals surface area contributed by atoms with Gasteiger partial charge in [-0.1, -0.05) is 22.8 Å². The van der Waals surface area contributed by atoms with Gasteiger partial charge in [-0.05, 0) is 31.2 Å². The van der Waals surface area contributed by atoms with E-state index in [1.165, 1.54) is 11.6 Å². The molecule has 0 fully saturated rings. The second kappa shape index (κ2) is 8.09. The largest absolute Gasteiger partial charge is 0.403 e. The zero-order valence-electron chi connectivity index (χ0n) is 13.8. The quantitative estimate of drug-likeness (QED) is 0.645. The molecule has 5 nitrogen and oxygen atoms in total. The molecule has 1 aromatic heterocycles. The first-order chi connectivity index (χ1) is 12.5. The topological polar surface area (TPSA) is 68.0 Å². The minimum Gasteiger partial charge on any atom is -0.403 e. The Balaban J connectivity index is 1.53. The fourth-order valence-electron chi connectivity index (χ4n) is 2.12. The number of amides is 1. The number of halogens is 2. The smallest absolute Gasteiger partial charge is 0.322 e. The molecule has 8 heteroatoms. The number of benzene rings is 2. The second-order valence-corrected chi connectivity index (χ2v) is 6.66. The summed E-state index contributed by atoms with van der Waals surface area (Å²) < 4.78 is 31.9. The summed E-state index contributed by atoms with van der Waals surface area (Å²) >= 11 is 1.56. The van der Waals surface area contributed by atoms with E-state index in [1.807, 2.05) is 31.2 Å². The summed E-state index contributed by atoms with van der Waals surface area (Å²) in [6, 6.07) is 10.9. The minimum atomic E-state index is -0.818. The molecule has 1 heterocycles. The number of nitrogens with zero attached hydrogens (tertiary/aromatic N) is 2. The van der Waals surface area contributed by atoms with E-state index in [2.05, 4.69) is 15.5 Å². The van der Waals surface area contributed by atoms with Crippen molar-refractivity contribution in [2.75, 3.05) is 11.1 Å². The van der Waals surface area contributed by atoms with Crippen LogP contribution in [0.15, 0.2) is 51.8 Å². The Morgan fingerprint density at radius 2 is 1.92 bits per heavy atom. The average molecular weight is 375 g/mol. The van der Waals surface area contributed by atoms with Gasteiger partial charge in [0.2, 0.25) is 5.91 Å².